The van der Waals surface area contributed by atoms with E-state index in [1.165, 1.54) is 0 Å². The van der Waals surface area contributed by atoms with Gasteiger partial charge in [-0.15, -0.1) is 0 Å². The van der Waals surface area contributed by atoms with Crippen LogP contribution in [0.15, 0.2) is 0 Å². The van der Waals surface area contributed by atoms with Gasteiger partial charge in [0.15, 0.2) is 0 Å². The van der Waals surface area contributed by atoms with Gasteiger partial charge in [0.1, 0.15) is 0 Å². The summed E-state index contributed by atoms with van der Waals surface area (Å²) in [5.41, 5.74) is -0.454. The molecule has 1 N–H and O–H groups in total. The molecule has 0 spiro atoms. The van der Waals surface area contributed by atoms with E-state index in [2.05, 4.69) is 12.2 Å². The minimum atomic E-state index is -0.872. The fraction of sp³-hybridized carbons (Fsp3) is 0.917. The number of nitrogens with zero attached hydrogens (tertiary/aromatic N) is 1. The van der Waals surface area contributed by atoms with Gasteiger partial charge in [-0.2, -0.15) is 0 Å². The molecule has 1 aliphatic heterocycles. The predicted octanol–water partition coefficient (Wildman–Crippen LogP) is 1.09. The van der Waals surface area contributed by atoms with Crippen molar-refractivity contribution in [2.24, 2.45) is 0 Å². The largest absolute Gasteiger partial charge is 0.322 e. The summed E-state index contributed by atoms with van der Waals surface area (Å²) in [6.45, 7) is 8.01. The SMILES string of the molecule is CCC1NC(C)(CC)C(=O)N1C(C)CS(C)=O. The molecule has 0 radical (unpaired) electrons. The molecule has 0 aliphatic carbocycles. The first kappa shape index (κ1) is 14.6. The second-order valence-electron chi connectivity index (χ2n) is 5.06. The lowest BCUT2D eigenvalue weighted by Crippen LogP contribution is -2.46. The Bertz CT molecular complexity index is 322. The summed E-state index contributed by atoms with van der Waals surface area (Å²) in [4.78, 5) is 14.3. The van der Waals surface area contributed by atoms with Crippen molar-refractivity contribution in [3.05, 3.63) is 0 Å². The fourth-order valence-electron chi connectivity index (χ4n) is 2.40. The first-order valence-corrected chi connectivity index (χ1v) is 7.99. The van der Waals surface area contributed by atoms with Gasteiger partial charge in [0.05, 0.1) is 11.7 Å². The molecule has 100 valence electrons. The van der Waals surface area contributed by atoms with Crippen molar-refractivity contribution in [2.45, 2.75) is 58.3 Å². The van der Waals surface area contributed by atoms with Crippen molar-refractivity contribution in [1.29, 1.82) is 0 Å². The highest BCUT2D eigenvalue weighted by Crippen LogP contribution is 2.27. The van der Waals surface area contributed by atoms with Crippen LogP contribution in [0.25, 0.3) is 0 Å². The van der Waals surface area contributed by atoms with Gasteiger partial charge in [0.2, 0.25) is 5.91 Å². The number of hydrogen-bond donors (Lipinski definition) is 1. The Hall–Kier alpha value is -0.420. The lowest BCUT2D eigenvalue weighted by molar-refractivity contribution is -0.134. The molecule has 0 bridgehead atoms. The topological polar surface area (TPSA) is 49.4 Å². The number of nitrogens with one attached hydrogen (secondary N) is 1. The molecule has 1 aliphatic rings. The van der Waals surface area contributed by atoms with E-state index in [1.807, 2.05) is 25.7 Å². The Morgan fingerprint density at radius 2 is 2.12 bits per heavy atom. The molecule has 1 saturated heterocycles. The lowest BCUT2D eigenvalue weighted by Gasteiger charge is -2.29. The molecule has 1 fully saturated rings. The normalized spacial score (nSPS) is 32.9. The van der Waals surface area contributed by atoms with E-state index in [0.29, 0.717) is 5.75 Å². The van der Waals surface area contributed by atoms with Crippen molar-refractivity contribution >= 4 is 16.7 Å². The van der Waals surface area contributed by atoms with Gasteiger partial charge in [0, 0.05) is 28.9 Å². The molecule has 0 aromatic rings. The zero-order valence-electron chi connectivity index (χ0n) is 11.4. The number of amides is 1. The molecule has 0 saturated carbocycles. The van der Waals surface area contributed by atoms with Crippen molar-refractivity contribution < 1.29 is 9.00 Å². The van der Waals surface area contributed by atoms with Crippen LogP contribution in [0.4, 0.5) is 0 Å². The van der Waals surface area contributed by atoms with Gasteiger partial charge >= 0.3 is 0 Å². The molecule has 17 heavy (non-hydrogen) atoms. The van der Waals surface area contributed by atoms with Crippen molar-refractivity contribution in [2.75, 3.05) is 12.0 Å². The minimum Gasteiger partial charge on any atom is -0.322 e. The average Bonchev–Trinajstić information content (AvgIpc) is 2.51. The maximum Gasteiger partial charge on any atom is 0.244 e. The molecule has 4 unspecified atom stereocenters. The highest BCUT2D eigenvalue weighted by molar-refractivity contribution is 7.84. The van der Waals surface area contributed by atoms with E-state index in [9.17, 15) is 9.00 Å². The molecule has 1 heterocycles. The zero-order chi connectivity index (χ0) is 13.2. The van der Waals surface area contributed by atoms with E-state index >= 15 is 0 Å². The standard InChI is InChI=1S/C12H24N2O2S/c1-6-10-13-12(4,7-2)11(15)14(10)9(3)8-17(5)16/h9-10,13H,6-8H2,1-5H3. The van der Waals surface area contributed by atoms with Crippen LogP contribution in [0.3, 0.4) is 0 Å². The summed E-state index contributed by atoms with van der Waals surface area (Å²) in [6.07, 6.45) is 3.42. The van der Waals surface area contributed by atoms with Gasteiger partial charge in [-0.1, -0.05) is 13.8 Å². The van der Waals surface area contributed by atoms with Gasteiger partial charge in [-0.25, -0.2) is 0 Å². The van der Waals surface area contributed by atoms with Crippen LogP contribution in [-0.2, 0) is 15.6 Å². The van der Waals surface area contributed by atoms with Gasteiger partial charge in [-0.05, 0) is 26.7 Å². The number of rotatable bonds is 5. The smallest absolute Gasteiger partial charge is 0.244 e. The fourth-order valence-corrected chi connectivity index (χ4v) is 3.24. The Morgan fingerprint density at radius 1 is 1.53 bits per heavy atom. The summed E-state index contributed by atoms with van der Waals surface area (Å²) in [7, 11) is -0.872. The Kier molecular flexibility index (Phi) is 4.72. The molecule has 0 aromatic heterocycles. The van der Waals surface area contributed by atoms with Crippen molar-refractivity contribution in [3.63, 3.8) is 0 Å². The summed E-state index contributed by atoms with van der Waals surface area (Å²) in [5.74, 6) is 0.689. The first-order valence-electron chi connectivity index (χ1n) is 6.26. The Balaban J connectivity index is 2.89. The zero-order valence-corrected chi connectivity index (χ0v) is 12.3. The summed E-state index contributed by atoms with van der Waals surface area (Å²) < 4.78 is 11.3. The maximum atomic E-state index is 12.4. The van der Waals surface area contributed by atoms with E-state index < -0.39 is 16.3 Å². The van der Waals surface area contributed by atoms with Crippen LogP contribution < -0.4 is 5.32 Å². The molecule has 0 aromatic carbocycles. The highest BCUT2D eigenvalue weighted by Gasteiger charge is 2.47. The molecular formula is C12H24N2O2S. The van der Waals surface area contributed by atoms with Crippen LogP contribution in [0.1, 0.15) is 40.5 Å². The third-order valence-electron chi connectivity index (χ3n) is 3.57. The Labute approximate surface area is 107 Å². The number of hydrogen-bond acceptors (Lipinski definition) is 3. The van der Waals surface area contributed by atoms with E-state index in [-0.39, 0.29) is 18.1 Å². The first-order chi connectivity index (χ1) is 7.85. The van der Waals surface area contributed by atoms with E-state index in [0.717, 1.165) is 12.8 Å². The molecule has 4 atom stereocenters. The summed E-state index contributed by atoms with van der Waals surface area (Å²) >= 11 is 0. The monoisotopic (exact) mass is 260 g/mol. The third-order valence-corrected chi connectivity index (χ3v) is 4.52. The van der Waals surface area contributed by atoms with Crippen LogP contribution in [0, 0.1) is 0 Å². The molecular weight excluding hydrogens is 236 g/mol. The maximum absolute atomic E-state index is 12.4. The molecule has 5 heteroatoms. The average molecular weight is 260 g/mol. The van der Waals surface area contributed by atoms with Crippen LogP contribution >= 0.6 is 0 Å². The molecule has 4 nitrogen and oxygen atoms in total. The highest BCUT2D eigenvalue weighted by atomic mass is 32.2. The van der Waals surface area contributed by atoms with Crippen LogP contribution in [0.5, 0.6) is 0 Å². The number of carbonyl (C=O) groups is 1. The van der Waals surface area contributed by atoms with Crippen molar-refractivity contribution in [3.8, 4) is 0 Å². The van der Waals surface area contributed by atoms with E-state index in [4.69, 9.17) is 0 Å². The Morgan fingerprint density at radius 3 is 2.53 bits per heavy atom. The quantitative estimate of drug-likeness (QED) is 0.805. The summed E-state index contributed by atoms with van der Waals surface area (Å²) in [6, 6.07) is 0.0270. The van der Waals surface area contributed by atoms with Crippen LogP contribution in [0.2, 0.25) is 0 Å². The molecule has 1 rings (SSSR count). The number of carbonyl (C=O) groups excluding carboxylic acids is 1. The second kappa shape index (κ2) is 5.48. The van der Waals surface area contributed by atoms with Gasteiger partial charge in [-0.3, -0.25) is 14.3 Å². The van der Waals surface area contributed by atoms with E-state index in [1.54, 1.807) is 6.26 Å². The van der Waals surface area contributed by atoms with Crippen LogP contribution in [-0.4, -0.2) is 44.8 Å². The second-order valence-corrected chi connectivity index (χ2v) is 6.54. The lowest BCUT2D eigenvalue weighted by atomic mass is 9.99. The third kappa shape index (κ3) is 2.88. The van der Waals surface area contributed by atoms with Crippen molar-refractivity contribution in [1.82, 2.24) is 10.2 Å². The van der Waals surface area contributed by atoms with Gasteiger partial charge in [0.25, 0.3) is 0 Å². The predicted molar refractivity (Wildman–Crippen MR) is 71.2 cm³/mol. The summed E-state index contributed by atoms with van der Waals surface area (Å²) in [5, 5.41) is 3.40. The minimum absolute atomic E-state index is 0.0270. The van der Waals surface area contributed by atoms with Gasteiger partial charge < -0.3 is 4.90 Å². The molecule has 1 amide bonds.